The third-order valence-corrected chi connectivity index (χ3v) is 4.55. The number of amides is 2. The van der Waals surface area contributed by atoms with E-state index in [9.17, 15) is 9.59 Å². The summed E-state index contributed by atoms with van der Waals surface area (Å²) >= 11 is 6.23. The van der Waals surface area contributed by atoms with E-state index in [-0.39, 0.29) is 17.7 Å². The van der Waals surface area contributed by atoms with Crippen LogP contribution in [0.4, 0.5) is 11.4 Å². The van der Waals surface area contributed by atoms with Crippen LogP contribution in [0.25, 0.3) is 0 Å². The summed E-state index contributed by atoms with van der Waals surface area (Å²) < 4.78 is 5.27. The molecule has 132 valence electrons. The molecule has 0 radical (unpaired) electrons. The Bertz CT molecular complexity index is 829. The maximum absolute atomic E-state index is 12.7. The van der Waals surface area contributed by atoms with E-state index in [1.807, 2.05) is 13.8 Å². The Morgan fingerprint density at radius 2 is 2.16 bits per heavy atom. The van der Waals surface area contributed by atoms with E-state index in [0.717, 1.165) is 12.1 Å². The average Bonchev–Trinajstić information content (AvgIpc) is 3.15. The van der Waals surface area contributed by atoms with E-state index >= 15 is 0 Å². The van der Waals surface area contributed by atoms with Gasteiger partial charge in [-0.05, 0) is 31.5 Å². The quantitative estimate of drug-likeness (QED) is 0.888. The Labute approximate surface area is 151 Å². The molecule has 25 heavy (non-hydrogen) atoms. The highest BCUT2D eigenvalue weighted by Crippen LogP contribution is 2.31. The molecule has 1 N–H and O–H groups in total. The van der Waals surface area contributed by atoms with Crippen molar-refractivity contribution in [2.24, 2.45) is 0 Å². The lowest BCUT2D eigenvalue weighted by Gasteiger charge is -2.17. The fourth-order valence-electron chi connectivity index (χ4n) is 2.94. The zero-order valence-corrected chi connectivity index (χ0v) is 15.2. The summed E-state index contributed by atoms with van der Waals surface area (Å²) in [6, 6.07) is 5.19. The predicted octanol–water partition coefficient (Wildman–Crippen LogP) is 4.14. The van der Waals surface area contributed by atoms with Crippen LogP contribution in [0, 0.1) is 6.92 Å². The van der Waals surface area contributed by atoms with Crippen LogP contribution in [0.15, 0.2) is 22.7 Å². The van der Waals surface area contributed by atoms with Crippen molar-refractivity contribution in [2.45, 2.75) is 39.5 Å². The normalized spacial score (nSPS) is 14.4. The Hall–Kier alpha value is -2.34. The molecule has 6 nitrogen and oxygen atoms in total. The van der Waals surface area contributed by atoms with Crippen molar-refractivity contribution in [3.8, 4) is 0 Å². The Morgan fingerprint density at radius 1 is 1.40 bits per heavy atom. The number of rotatable bonds is 4. The van der Waals surface area contributed by atoms with Gasteiger partial charge >= 0.3 is 0 Å². The number of benzene rings is 1. The highest BCUT2D eigenvalue weighted by Gasteiger charge is 2.25. The van der Waals surface area contributed by atoms with Gasteiger partial charge < -0.3 is 14.7 Å². The number of hydrogen-bond acceptors (Lipinski definition) is 4. The number of nitrogens with zero attached hydrogens (tertiary/aromatic N) is 2. The third-order valence-electron chi connectivity index (χ3n) is 4.22. The van der Waals surface area contributed by atoms with Crippen molar-refractivity contribution in [3.63, 3.8) is 0 Å². The molecule has 1 aromatic heterocycles. The van der Waals surface area contributed by atoms with Gasteiger partial charge in [-0.2, -0.15) is 0 Å². The van der Waals surface area contributed by atoms with Gasteiger partial charge in [-0.15, -0.1) is 0 Å². The van der Waals surface area contributed by atoms with Crippen molar-refractivity contribution in [1.82, 2.24) is 5.16 Å². The summed E-state index contributed by atoms with van der Waals surface area (Å²) in [4.78, 5) is 26.4. The Morgan fingerprint density at radius 3 is 2.80 bits per heavy atom. The molecule has 3 rings (SSSR count). The van der Waals surface area contributed by atoms with Crippen LogP contribution in [-0.4, -0.2) is 23.5 Å². The Balaban J connectivity index is 1.89. The molecule has 0 atom stereocenters. The molecule has 0 aliphatic carbocycles. The molecule has 1 aliphatic rings. The zero-order valence-electron chi connectivity index (χ0n) is 14.4. The molecular weight excluding hydrogens is 342 g/mol. The monoisotopic (exact) mass is 361 g/mol. The second-order valence-corrected chi connectivity index (χ2v) is 6.84. The van der Waals surface area contributed by atoms with E-state index in [2.05, 4.69) is 10.5 Å². The molecule has 1 fully saturated rings. The van der Waals surface area contributed by atoms with Crippen LogP contribution in [0.1, 0.15) is 54.4 Å². The summed E-state index contributed by atoms with van der Waals surface area (Å²) in [6.07, 6.45) is 1.38. The SMILES string of the molecule is Cc1noc(C(C)C)c1C(=O)Nc1cc(N2CCCC2=O)ccc1Cl. The Kier molecular flexibility index (Phi) is 4.81. The molecule has 0 spiro atoms. The average molecular weight is 362 g/mol. The molecule has 1 aliphatic heterocycles. The number of aryl methyl sites for hydroxylation is 1. The van der Waals surface area contributed by atoms with Crippen molar-refractivity contribution in [1.29, 1.82) is 0 Å². The van der Waals surface area contributed by atoms with Crippen molar-refractivity contribution >= 4 is 34.8 Å². The summed E-state index contributed by atoms with van der Waals surface area (Å²) in [7, 11) is 0. The van der Waals surface area contributed by atoms with Crippen molar-refractivity contribution in [2.75, 3.05) is 16.8 Å². The molecule has 0 bridgehead atoms. The van der Waals surface area contributed by atoms with Crippen LogP contribution >= 0.6 is 11.6 Å². The number of carbonyl (C=O) groups excluding carboxylic acids is 2. The second kappa shape index (κ2) is 6.88. The van der Waals surface area contributed by atoms with E-state index in [1.165, 1.54) is 0 Å². The molecule has 1 aromatic carbocycles. The first kappa shape index (κ1) is 17.5. The molecule has 0 saturated carbocycles. The number of nitrogens with one attached hydrogen (secondary N) is 1. The number of anilines is 2. The lowest BCUT2D eigenvalue weighted by atomic mass is 10.0. The lowest BCUT2D eigenvalue weighted by Crippen LogP contribution is -2.24. The van der Waals surface area contributed by atoms with Crippen LogP contribution < -0.4 is 10.2 Å². The standard InChI is InChI=1S/C18H20ClN3O3/c1-10(2)17-16(11(3)21-25-17)18(24)20-14-9-12(6-7-13(14)19)22-8-4-5-15(22)23/h6-7,9-10H,4-5,8H2,1-3H3,(H,20,24). The van der Waals surface area contributed by atoms with Gasteiger partial charge in [-0.1, -0.05) is 30.6 Å². The van der Waals surface area contributed by atoms with Gasteiger partial charge in [-0.3, -0.25) is 9.59 Å². The van der Waals surface area contributed by atoms with Gasteiger partial charge in [0.15, 0.2) is 5.76 Å². The van der Waals surface area contributed by atoms with Crippen LogP contribution in [0.2, 0.25) is 5.02 Å². The van der Waals surface area contributed by atoms with Gasteiger partial charge in [0.25, 0.3) is 5.91 Å². The summed E-state index contributed by atoms with van der Waals surface area (Å²) in [5.74, 6) is 0.328. The van der Waals surface area contributed by atoms with Gasteiger partial charge in [0.05, 0.1) is 16.4 Å². The second-order valence-electron chi connectivity index (χ2n) is 6.43. The molecule has 2 amide bonds. The lowest BCUT2D eigenvalue weighted by molar-refractivity contribution is -0.117. The maximum Gasteiger partial charge on any atom is 0.261 e. The fraction of sp³-hybridized carbons (Fsp3) is 0.389. The summed E-state index contributed by atoms with van der Waals surface area (Å²) in [6.45, 7) is 6.27. The number of carbonyl (C=O) groups is 2. The number of aromatic nitrogens is 1. The van der Waals surface area contributed by atoms with Crippen molar-refractivity contribution in [3.05, 3.63) is 40.2 Å². The number of hydrogen-bond donors (Lipinski definition) is 1. The summed E-state index contributed by atoms with van der Waals surface area (Å²) in [5.41, 5.74) is 2.14. The first-order valence-electron chi connectivity index (χ1n) is 8.26. The molecule has 2 heterocycles. The minimum atomic E-state index is -0.325. The minimum Gasteiger partial charge on any atom is -0.360 e. The van der Waals surface area contributed by atoms with E-state index < -0.39 is 0 Å². The fourth-order valence-corrected chi connectivity index (χ4v) is 3.11. The van der Waals surface area contributed by atoms with E-state index in [4.69, 9.17) is 16.1 Å². The molecule has 7 heteroatoms. The van der Waals surface area contributed by atoms with Gasteiger partial charge in [0.2, 0.25) is 5.91 Å². The van der Waals surface area contributed by atoms with Gasteiger partial charge in [0.1, 0.15) is 5.56 Å². The minimum absolute atomic E-state index is 0.0333. The van der Waals surface area contributed by atoms with Crippen LogP contribution in [-0.2, 0) is 4.79 Å². The highest BCUT2D eigenvalue weighted by molar-refractivity contribution is 6.34. The van der Waals surface area contributed by atoms with Crippen LogP contribution in [0.5, 0.6) is 0 Å². The topological polar surface area (TPSA) is 75.4 Å². The van der Waals surface area contributed by atoms with Crippen molar-refractivity contribution < 1.29 is 14.1 Å². The van der Waals surface area contributed by atoms with E-state index in [1.54, 1.807) is 30.0 Å². The zero-order chi connectivity index (χ0) is 18.1. The molecule has 2 aromatic rings. The highest BCUT2D eigenvalue weighted by atomic mass is 35.5. The molecular formula is C18H20ClN3O3. The van der Waals surface area contributed by atoms with E-state index in [0.29, 0.717) is 40.7 Å². The third kappa shape index (κ3) is 3.39. The molecule has 1 saturated heterocycles. The smallest absolute Gasteiger partial charge is 0.261 e. The van der Waals surface area contributed by atoms with Gasteiger partial charge in [0, 0.05) is 24.6 Å². The molecule has 0 unspecified atom stereocenters. The first-order valence-corrected chi connectivity index (χ1v) is 8.63. The maximum atomic E-state index is 12.7. The van der Waals surface area contributed by atoms with Gasteiger partial charge in [-0.25, -0.2) is 0 Å². The largest absolute Gasteiger partial charge is 0.360 e. The summed E-state index contributed by atoms with van der Waals surface area (Å²) in [5, 5.41) is 7.12. The first-order chi connectivity index (χ1) is 11.9. The number of halogens is 1. The van der Waals surface area contributed by atoms with Crippen LogP contribution in [0.3, 0.4) is 0 Å². The predicted molar refractivity (Wildman–Crippen MR) is 96.3 cm³/mol.